The summed E-state index contributed by atoms with van der Waals surface area (Å²) in [7, 11) is 0. The van der Waals surface area contributed by atoms with Gasteiger partial charge in [-0.05, 0) is 30.7 Å². The third kappa shape index (κ3) is 2.78. The van der Waals surface area contributed by atoms with Crippen molar-refractivity contribution in [3.63, 3.8) is 0 Å². The monoisotopic (exact) mass is 348 g/mol. The van der Waals surface area contributed by atoms with Gasteiger partial charge in [0.1, 0.15) is 5.60 Å². The van der Waals surface area contributed by atoms with Gasteiger partial charge in [-0.25, -0.2) is 0 Å². The molecule has 0 bridgehead atoms. The van der Waals surface area contributed by atoms with E-state index in [1.165, 1.54) is 0 Å². The van der Waals surface area contributed by atoms with Gasteiger partial charge in [-0.1, -0.05) is 40.2 Å². The van der Waals surface area contributed by atoms with Crippen LogP contribution in [0.2, 0.25) is 0 Å². The Morgan fingerprint density at radius 3 is 2.52 bits per heavy atom. The summed E-state index contributed by atoms with van der Waals surface area (Å²) in [5, 5.41) is 11.0. The van der Waals surface area contributed by atoms with E-state index in [4.69, 9.17) is 9.47 Å². The minimum absolute atomic E-state index is 0.633. The highest BCUT2D eigenvalue weighted by Crippen LogP contribution is 2.38. The number of hydrogen-bond acceptors (Lipinski definition) is 3. The first-order valence-corrected chi connectivity index (χ1v) is 7.76. The molecule has 4 heteroatoms. The van der Waals surface area contributed by atoms with Crippen LogP contribution in [0.5, 0.6) is 11.5 Å². The molecular formula is C17H17BrO3. The molecule has 0 aromatic heterocycles. The predicted octanol–water partition coefficient (Wildman–Crippen LogP) is 3.87. The molecular weight excluding hydrogens is 332 g/mol. The van der Waals surface area contributed by atoms with Gasteiger partial charge in [0.25, 0.3) is 0 Å². The van der Waals surface area contributed by atoms with E-state index >= 15 is 0 Å². The van der Waals surface area contributed by atoms with Crippen LogP contribution in [0.15, 0.2) is 46.9 Å². The average molecular weight is 349 g/mol. The van der Waals surface area contributed by atoms with Crippen molar-refractivity contribution < 1.29 is 14.6 Å². The second-order valence-corrected chi connectivity index (χ2v) is 6.12. The van der Waals surface area contributed by atoms with Crippen LogP contribution in [0, 0.1) is 0 Å². The largest absolute Gasteiger partial charge is 0.490 e. The maximum absolute atomic E-state index is 11.0. The molecule has 21 heavy (non-hydrogen) atoms. The highest BCUT2D eigenvalue weighted by molar-refractivity contribution is 9.10. The lowest BCUT2D eigenvalue weighted by Crippen LogP contribution is -2.23. The predicted molar refractivity (Wildman–Crippen MR) is 84.9 cm³/mol. The Kier molecular flexibility index (Phi) is 3.91. The Labute approximate surface area is 132 Å². The standard InChI is InChI=1S/C17H17BrO3/c1-17(19,13-5-2-3-6-14(13)18)12-7-8-15-16(11-12)21-10-4-9-20-15/h2-3,5-8,11,19H,4,9-10H2,1H3. The van der Waals surface area contributed by atoms with Gasteiger partial charge in [0.15, 0.2) is 11.5 Å². The summed E-state index contributed by atoms with van der Waals surface area (Å²) in [4.78, 5) is 0. The van der Waals surface area contributed by atoms with Crippen LogP contribution in [-0.4, -0.2) is 18.3 Å². The van der Waals surface area contributed by atoms with Gasteiger partial charge in [-0.3, -0.25) is 0 Å². The van der Waals surface area contributed by atoms with E-state index in [9.17, 15) is 5.11 Å². The third-order valence-electron chi connectivity index (χ3n) is 3.71. The Bertz CT molecular complexity index is 652. The number of benzene rings is 2. The zero-order chi connectivity index (χ0) is 14.9. The molecule has 0 amide bonds. The van der Waals surface area contributed by atoms with Crippen LogP contribution in [0.3, 0.4) is 0 Å². The molecule has 0 saturated carbocycles. The summed E-state index contributed by atoms with van der Waals surface area (Å²) >= 11 is 3.50. The van der Waals surface area contributed by atoms with Gasteiger partial charge in [0, 0.05) is 16.5 Å². The number of hydrogen-bond donors (Lipinski definition) is 1. The van der Waals surface area contributed by atoms with Crippen molar-refractivity contribution in [1.29, 1.82) is 0 Å². The zero-order valence-electron chi connectivity index (χ0n) is 11.8. The van der Waals surface area contributed by atoms with Gasteiger partial charge >= 0.3 is 0 Å². The number of ether oxygens (including phenoxy) is 2. The van der Waals surface area contributed by atoms with Crippen molar-refractivity contribution >= 4 is 15.9 Å². The van der Waals surface area contributed by atoms with E-state index in [-0.39, 0.29) is 0 Å². The average Bonchev–Trinajstić information content (AvgIpc) is 2.72. The minimum atomic E-state index is -1.11. The first-order chi connectivity index (χ1) is 10.1. The highest BCUT2D eigenvalue weighted by Gasteiger charge is 2.29. The van der Waals surface area contributed by atoms with Gasteiger partial charge < -0.3 is 14.6 Å². The molecule has 1 N–H and O–H groups in total. The van der Waals surface area contributed by atoms with E-state index in [0.29, 0.717) is 19.0 Å². The normalized spacial score (nSPS) is 16.9. The first-order valence-electron chi connectivity index (χ1n) is 6.96. The summed E-state index contributed by atoms with van der Waals surface area (Å²) in [5.74, 6) is 1.43. The molecule has 1 unspecified atom stereocenters. The lowest BCUT2D eigenvalue weighted by atomic mass is 9.88. The van der Waals surface area contributed by atoms with Crippen molar-refractivity contribution in [3.05, 3.63) is 58.1 Å². The van der Waals surface area contributed by atoms with Crippen molar-refractivity contribution in [1.82, 2.24) is 0 Å². The fourth-order valence-corrected chi connectivity index (χ4v) is 3.15. The number of halogens is 1. The second-order valence-electron chi connectivity index (χ2n) is 5.26. The van der Waals surface area contributed by atoms with Crippen molar-refractivity contribution in [2.75, 3.05) is 13.2 Å². The van der Waals surface area contributed by atoms with Gasteiger partial charge in [0.2, 0.25) is 0 Å². The molecule has 110 valence electrons. The van der Waals surface area contributed by atoms with E-state index in [2.05, 4.69) is 15.9 Å². The van der Waals surface area contributed by atoms with E-state index in [1.807, 2.05) is 42.5 Å². The fraction of sp³-hybridized carbons (Fsp3) is 0.294. The number of aliphatic hydroxyl groups is 1. The fourth-order valence-electron chi connectivity index (χ4n) is 2.48. The summed E-state index contributed by atoms with van der Waals surface area (Å²) in [6.07, 6.45) is 0.866. The van der Waals surface area contributed by atoms with Crippen LogP contribution < -0.4 is 9.47 Å². The summed E-state index contributed by atoms with van der Waals surface area (Å²) in [5.41, 5.74) is 0.489. The Morgan fingerprint density at radius 1 is 1.05 bits per heavy atom. The molecule has 0 aliphatic carbocycles. The van der Waals surface area contributed by atoms with Gasteiger partial charge in [0.05, 0.1) is 13.2 Å². The Hall–Kier alpha value is -1.52. The lowest BCUT2D eigenvalue weighted by molar-refractivity contribution is 0.101. The van der Waals surface area contributed by atoms with Crippen molar-refractivity contribution in [3.8, 4) is 11.5 Å². The minimum Gasteiger partial charge on any atom is -0.490 e. The van der Waals surface area contributed by atoms with Gasteiger partial charge in [-0.2, -0.15) is 0 Å². The quantitative estimate of drug-likeness (QED) is 0.895. The van der Waals surface area contributed by atoms with E-state index < -0.39 is 5.60 Å². The maximum atomic E-state index is 11.0. The lowest BCUT2D eigenvalue weighted by Gasteiger charge is -2.26. The smallest absolute Gasteiger partial charge is 0.161 e. The van der Waals surface area contributed by atoms with Crippen molar-refractivity contribution in [2.24, 2.45) is 0 Å². The molecule has 2 aromatic rings. The summed E-state index contributed by atoms with van der Waals surface area (Å²) < 4.78 is 12.2. The van der Waals surface area contributed by atoms with Crippen LogP contribution >= 0.6 is 15.9 Å². The molecule has 3 rings (SSSR count). The molecule has 1 atom stereocenters. The topological polar surface area (TPSA) is 38.7 Å². The van der Waals surface area contributed by atoms with Crippen LogP contribution in [-0.2, 0) is 5.60 Å². The van der Waals surface area contributed by atoms with E-state index in [0.717, 1.165) is 27.8 Å². The molecule has 3 nitrogen and oxygen atoms in total. The molecule has 2 aromatic carbocycles. The number of fused-ring (bicyclic) bond motifs is 1. The first kappa shape index (κ1) is 14.4. The number of rotatable bonds is 2. The van der Waals surface area contributed by atoms with Crippen molar-refractivity contribution in [2.45, 2.75) is 18.9 Å². The van der Waals surface area contributed by atoms with E-state index in [1.54, 1.807) is 6.92 Å². The molecule has 1 aliphatic heterocycles. The van der Waals surface area contributed by atoms with Crippen LogP contribution in [0.4, 0.5) is 0 Å². The highest BCUT2D eigenvalue weighted by atomic mass is 79.9. The summed E-state index contributed by atoms with van der Waals surface area (Å²) in [6.45, 7) is 3.08. The molecule has 0 radical (unpaired) electrons. The Morgan fingerprint density at radius 2 is 1.76 bits per heavy atom. The summed E-state index contributed by atoms with van der Waals surface area (Å²) in [6, 6.07) is 13.3. The molecule has 1 aliphatic rings. The van der Waals surface area contributed by atoms with Crippen LogP contribution in [0.25, 0.3) is 0 Å². The zero-order valence-corrected chi connectivity index (χ0v) is 13.4. The SMILES string of the molecule is CC(O)(c1ccc2c(c1)OCCCO2)c1ccccc1Br. The Balaban J connectivity index is 2.03. The van der Waals surface area contributed by atoms with Gasteiger partial charge in [-0.15, -0.1) is 0 Å². The second kappa shape index (κ2) is 5.70. The molecule has 0 saturated heterocycles. The maximum Gasteiger partial charge on any atom is 0.161 e. The van der Waals surface area contributed by atoms with Crippen LogP contribution in [0.1, 0.15) is 24.5 Å². The third-order valence-corrected chi connectivity index (χ3v) is 4.40. The molecule has 0 spiro atoms. The molecule has 0 fully saturated rings. The molecule has 1 heterocycles.